The summed E-state index contributed by atoms with van der Waals surface area (Å²) in [7, 11) is 0. The lowest BCUT2D eigenvalue weighted by atomic mass is 9.50. The molecule has 0 N–H and O–H groups in total. The average molecular weight is 423 g/mol. The SMILES string of the molecule is C[C@]12CCC(=O)C=C1CC[C@H]1[C@@H]3CCC(OC(=O)CCCBr)C3CC[C@@H]12. The number of carbonyl (C=O) groups is 2. The van der Waals surface area contributed by atoms with Crippen molar-refractivity contribution < 1.29 is 14.3 Å². The second-order valence-electron chi connectivity index (χ2n) is 9.17. The molecule has 3 fully saturated rings. The molecule has 0 aromatic rings. The third kappa shape index (κ3) is 3.21. The summed E-state index contributed by atoms with van der Waals surface area (Å²) >= 11 is 3.39. The van der Waals surface area contributed by atoms with E-state index in [1.54, 1.807) is 0 Å². The van der Waals surface area contributed by atoms with Crippen LogP contribution in [0.5, 0.6) is 0 Å². The molecular weight excluding hydrogens is 392 g/mol. The summed E-state index contributed by atoms with van der Waals surface area (Å²) in [5.41, 5.74) is 1.68. The largest absolute Gasteiger partial charge is 0.462 e. The minimum absolute atomic E-state index is 0.0103. The number of rotatable bonds is 4. The second kappa shape index (κ2) is 7.41. The van der Waals surface area contributed by atoms with E-state index in [1.807, 2.05) is 6.08 Å². The highest BCUT2D eigenvalue weighted by atomic mass is 79.9. The van der Waals surface area contributed by atoms with Crippen molar-refractivity contribution in [3.63, 3.8) is 0 Å². The Hall–Kier alpha value is -0.640. The molecule has 26 heavy (non-hydrogen) atoms. The van der Waals surface area contributed by atoms with Gasteiger partial charge in [0.1, 0.15) is 6.10 Å². The molecule has 0 heterocycles. The minimum Gasteiger partial charge on any atom is -0.462 e. The molecule has 3 nitrogen and oxygen atoms in total. The molecule has 0 saturated heterocycles. The average Bonchev–Trinajstić information content (AvgIpc) is 3.03. The Balaban J connectivity index is 1.46. The first-order chi connectivity index (χ1) is 12.5. The Bertz CT molecular complexity index is 613. The number of halogens is 1. The number of carbonyl (C=O) groups excluding carboxylic acids is 2. The highest BCUT2D eigenvalue weighted by Gasteiger charge is 2.55. The van der Waals surface area contributed by atoms with E-state index in [4.69, 9.17) is 4.74 Å². The van der Waals surface area contributed by atoms with Crippen LogP contribution in [0.4, 0.5) is 0 Å². The van der Waals surface area contributed by atoms with Crippen LogP contribution in [0.3, 0.4) is 0 Å². The van der Waals surface area contributed by atoms with Gasteiger partial charge in [0.2, 0.25) is 0 Å². The summed E-state index contributed by atoms with van der Waals surface area (Å²) < 4.78 is 5.89. The van der Waals surface area contributed by atoms with Gasteiger partial charge in [0.15, 0.2) is 5.78 Å². The molecule has 4 aliphatic carbocycles. The quantitative estimate of drug-likeness (QED) is 0.460. The van der Waals surface area contributed by atoms with Gasteiger partial charge in [-0.3, -0.25) is 9.59 Å². The van der Waals surface area contributed by atoms with Crippen molar-refractivity contribution in [2.75, 3.05) is 5.33 Å². The molecule has 0 bridgehead atoms. The summed E-state index contributed by atoms with van der Waals surface area (Å²) in [6.07, 6.45) is 12.3. The predicted octanol–water partition coefficient (Wildman–Crippen LogP) is 5.22. The van der Waals surface area contributed by atoms with E-state index in [0.717, 1.165) is 55.2 Å². The molecule has 0 aromatic heterocycles. The zero-order valence-corrected chi connectivity index (χ0v) is 17.4. The van der Waals surface area contributed by atoms with Gasteiger partial charge in [-0.15, -0.1) is 0 Å². The standard InChI is InChI=1S/C22H31BrO3/c1-22-11-10-15(24)13-14(22)4-5-17-16-7-9-20(18(16)6-8-19(17)22)26-21(25)3-2-12-23/h13,16-20H,2-12H2,1H3/t16-,17-,18?,19-,20?,22-/m0/s1. The summed E-state index contributed by atoms with van der Waals surface area (Å²) in [5, 5.41) is 0.861. The Morgan fingerprint density at radius 1 is 1.15 bits per heavy atom. The number of ketones is 1. The maximum absolute atomic E-state index is 12.1. The van der Waals surface area contributed by atoms with Gasteiger partial charge in [0.05, 0.1) is 0 Å². The fraction of sp³-hybridized carbons (Fsp3) is 0.818. The van der Waals surface area contributed by atoms with Crippen LogP contribution >= 0.6 is 15.9 Å². The first-order valence-electron chi connectivity index (χ1n) is 10.5. The molecule has 0 amide bonds. The number of ether oxygens (including phenoxy) is 1. The highest BCUT2D eigenvalue weighted by molar-refractivity contribution is 9.09. The summed E-state index contributed by atoms with van der Waals surface area (Å²) in [4.78, 5) is 24.0. The molecule has 0 aromatic carbocycles. The van der Waals surface area contributed by atoms with Crippen LogP contribution in [-0.2, 0) is 14.3 Å². The van der Waals surface area contributed by atoms with E-state index in [9.17, 15) is 9.59 Å². The molecule has 144 valence electrons. The van der Waals surface area contributed by atoms with E-state index in [-0.39, 0.29) is 17.5 Å². The molecule has 0 spiro atoms. The van der Waals surface area contributed by atoms with Crippen molar-refractivity contribution >= 4 is 27.7 Å². The van der Waals surface area contributed by atoms with Crippen LogP contribution in [0.25, 0.3) is 0 Å². The first-order valence-corrected chi connectivity index (χ1v) is 11.6. The van der Waals surface area contributed by atoms with Gasteiger partial charge < -0.3 is 4.74 Å². The molecule has 4 rings (SSSR count). The van der Waals surface area contributed by atoms with Crippen LogP contribution in [0.15, 0.2) is 11.6 Å². The maximum Gasteiger partial charge on any atom is 0.306 e. The van der Waals surface area contributed by atoms with Crippen molar-refractivity contribution in [3.8, 4) is 0 Å². The molecule has 4 aliphatic rings. The fourth-order valence-electron chi connectivity index (χ4n) is 6.75. The first kappa shape index (κ1) is 18.7. The number of hydrogen-bond donors (Lipinski definition) is 0. The van der Waals surface area contributed by atoms with Crippen LogP contribution in [0.1, 0.15) is 71.1 Å². The minimum atomic E-state index is -0.0103. The van der Waals surface area contributed by atoms with E-state index in [0.29, 0.717) is 18.1 Å². The number of hydrogen-bond acceptors (Lipinski definition) is 3. The molecule has 3 saturated carbocycles. The predicted molar refractivity (Wildman–Crippen MR) is 105 cm³/mol. The molecule has 0 radical (unpaired) electrons. The van der Waals surface area contributed by atoms with Gasteiger partial charge >= 0.3 is 5.97 Å². The molecule has 4 heteroatoms. The maximum atomic E-state index is 12.1. The summed E-state index contributed by atoms with van der Waals surface area (Å²) in [6.45, 7) is 2.43. The normalized spacial score (nSPS) is 41.7. The highest BCUT2D eigenvalue weighted by Crippen LogP contribution is 2.61. The number of allylic oxidation sites excluding steroid dienone is 1. The summed E-state index contributed by atoms with van der Waals surface area (Å²) in [5.74, 6) is 3.10. The lowest BCUT2D eigenvalue weighted by molar-refractivity contribution is -0.152. The van der Waals surface area contributed by atoms with Crippen molar-refractivity contribution in [1.82, 2.24) is 0 Å². The Labute approximate surface area is 165 Å². The van der Waals surface area contributed by atoms with Gasteiger partial charge in [0, 0.05) is 18.2 Å². The lowest BCUT2D eigenvalue weighted by Gasteiger charge is -2.55. The summed E-state index contributed by atoms with van der Waals surface area (Å²) in [6, 6.07) is 0. The monoisotopic (exact) mass is 422 g/mol. The fourth-order valence-corrected chi connectivity index (χ4v) is 7.03. The van der Waals surface area contributed by atoms with E-state index >= 15 is 0 Å². The third-order valence-electron chi connectivity index (χ3n) is 8.01. The molecule has 0 aliphatic heterocycles. The van der Waals surface area contributed by atoms with Gasteiger partial charge in [-0.25, -0.2) is 0 Å². The van der Waals surface area contributed by atoms with Gasteiger partial charge in [-0.2, -0.15) is 0 Å². The zero-order valence-electron chi connectivity index (χ0n) is 15.8. The molecular formula is C22H31BrO3. The van der Waals surface area contributed by atoms with Crippen molar-refractivity contribution in [3.05, 3.63) is 11.6 Å². The van der Waals surface area contributed by atoms with Gasteiger partial charge in [-0.05, 0) is 86.5 Å². The Morgan fingerprint density at radius 3 is 2.77 bits per heavy atom. The Kier molecular flexibility index (Phi) is 5.33. The number of alkyl halides is 1. The van der Waals surface area contributed by atoms with Crippen LogP contribution < -0.4 is 0 Å². The second-order valence-corrected chi connectivity index (χ2v) is 9.96. The van der Waals surface area contributed by atoms with E-state index in [2.05, 4.69) is 22.9 Å². The van der Waals surface area contributed by atoms with Crippen LogP contribution in [-0.4, -0.2) is 23.2 Å². The number of esters is 1. The topological polar surface area (TPSA) is 43.4 Å². The lowest BCUT2D eigenvalue weighted by Crippen LogP contribution is -2.48. The third-order valence-corrected chi connectivity index (χ3v) is 8.57. The van der Waals surface area contributed by atoms with Gasteiger partial charge in [-0.1, -0.05) is 28.4 Å². The van der Waals surface area contributed by atoms with E-state index < -0.39 is 0 Å². The van der Waals surface area contributed by atoms with Crippen molar-refractivity contribution in [2.45, 2.75) is 77.2 Å². The molecule has 2 unspecified atom stereocenters. The number of fused-ring (bicyclic) bond motifs is 5. The molecule has 6 atom stereocenters. The van der Waals surface area contributed by atoms with E-state index in [1.165, 1.54) is 31.3 Å². The van der Waals surface area contributed by atoms with Crippen LogP contribution in [0, 0.1) is 29.1 Å². The zero-order chi connectivity index (χ0) is 18.3. The van der Waals surface area contributed by atoms with Crippen LogP contribution in [0.2, 0.25) is 0 Å². The van der Waals surface area contributed by atoms with Gasteiger partial charge in [0.25, 0.3) is 0 Å². The van der Waals surface area contributed by atoms with Crippen molar-refractivity contribution in [1.29, 1.82) is 0 Å². The smallest absolute Gasteiger partial charge is 0.306 e. The Morgan fingerprint density at radius 2 is 1.96 bits per heavy atom. The van der Waals surface area contributed by atoms with Crippen molar-refractivity contribution in [2.24, 2.45) is 29.1 Å².